The zero-order chi connectivity index (χ0) is 18.1. The molecule has 134 valence electrons. The van der Waals surface area contributed by atoms with Crippen molar-refractivity contribution in [3.63, 3.8) is 0 Å². The van der Waals surface area contributed by atoms with Crippen LogP contribution in [-0.2, 0) is 11.8 Å². The van der Waals surface area contributed by atoms with E-state index in [2.05, 4.69) is 36.2 Å². The molecule has 2 aliphatic rings. The topological polar surface area (TPSA) is 65.9 Å². The van der Waals surface area contributed by atoms with Crippen LogP contribution >= 0.6 is 12.2 Å². The summed E-state index contributed by atoms with van der Waals surface area (Å²) in [5.74, 6) is 0.499. The zero-order valence-electron chi connectivity index (χ0n) is 15.1. The molecular weight excluding hydrogens is 344 g/mol. The predicted molar refractivity (Wildman–Crippen MR) is 104 cm³/mol. The lowest BCUT2D eigenvalue weighted by molar-refractivity contribution is 0.284. The molecule has 2 N–H and O–H groups in total. The van der Waals surface area contributed by atoms with Crippen molar-refractivity contribution < 1.29 is 0 Å². The highest BCUT2D eigenvalue weighted by Crippen LogP contribution is 2.50. The summed E-state index contributed by atoms with van der Waals surface area (Å²) in [6.45, 7) is 4.29. The molecule has 0 aliphatic heterocycles. The molecule has 26 heavy (non-hydrogen) atoms. The average Bonchev–Trinajstić information content (AvgIpc) is 3.00. The Morgan fingerprint density at radius 3 is 2.62 bits per heavy atom. The Morgan fingerprint density at radius 1 is 1.12 bits per heavy atom. The number of fused-ring (bicyclic) bond motifs is 5. The highest BCUT2D eigenvalue weighted by molar-refractivity contribution is 7.71. The summed E-state index contributed by atoms with van der Waals surface area (Å²) in [5.41, 5.74) is 6.64. The molecule has 0 radical (unpaired) electrons. The van der Waals surface area contributed by atoms with Crippen molar-refractivity contribution in [2.24, 2.45) is 0 Å². The first-order valence-corrected chi connectivity index (χ1v) is 9.76. The van der Waals surface area contributed by atoms with Gasteiger partial charge in [-0.3, -0.25) is 15.0 Å². The molecule has 0 unspecified atom stereocenters. The lowest BCUT2D eigenvalue weighted by atomic mass is 9.61. The van der Waals surface area contributed by atoms with Crippen LogP contribution in [0.1, 0.15) is 54.4 Å². The van der Waals surface area contributed by atoms with Crippen LogP contribution in [0.4, 0.5) is 0 Å². The first kappa shape index (κ1) is 16.0. The molecule has 0 saturated heterocycles. The number of nitrogens with one attached hydrogen (secondary N) is 2. The number of rotatable bonds is 0. The summed E-state index contributed by atoms with van der Waals surface area (Å²) in [4.78, 5) is 18.5. The summed E-state index contributed by atoms with van der Waals surface area (Å²) in [7, 11) is 0. The second kappa shape index (κ2) is 5.39. The van der Waals surface area contributed by atoms with Gasteiger partial charge < -0.3 is 0 Å². The number of H-pyrrole nitrogens is 2. The highest BCUT2D eigenvalue weighted by Gasteiger charge is 2.44. The summed E-state index contributed by atoms with van der Waals surface area (Å²) in [6, 6.07) is 4.34. The van der Waals surface area contributed by atoms with Gasteiger partial charge in [-0.05, 0) is 62.0 Å². The van der Waals surface area contributed by atoms with Gasteiger partial charge in [0, 0.05) is 11.0 Å². The van der Waals surface area contributed by atoms with E-state index >= 15 is 0 Å². The third kappa shape index (κ3) is 1.99. The van der Waals surface area contributed by atoms with Gasteiger partial charge in [0.1, 0.15) is 0 Å². The van der Waals surface area contributed by atoms with E-state index in [1.54, 1.807) is 0 Å². The molecule has 0 atom stereocenters. The SMILES string of the molecule is Cc1ccc(C)c2c1CC1(CCCCC1)c1c-2nc2[nH][nH]c(=S)n2c1=O. The van der Waals surface area contributed by atoms with Crippen molar-refractivity contribution in [1.82, 2.24) is 19.6 Å². The third-order valence-electron chi connectivity index (χ3n) is 6.42. The molecule has 1 aromatic carbocycles. The Bertz CT molecular complexity index is 1160. The van der Waals surface area contributed by atoms with Crippen LogP contribution < -0.4 is 5.56 Å². The summed E-state index contributed by atoms with van der Waals surface area (Å²) >= 11 is 5.33. The number of aryl methyl sites for hydroxylation is 2. The maximum atomic E-state index is 13.6. The zero-order valence-corrected chi connectivity index (χ0v) is 15.9. The van der Waals surface area contributed by atoms with Gasteiger partial charge in [-0.2, -0.15) is 0 Å². The minimum absolute atomic E-state index is 0.000885. The van der Waals surface area contributed by atoms with E-state index in [0.717, 1.165) is 36.1 Å². The second-order valence-electron chi connectivity index (χ2n) is 7.93. The first-order chi connectivity index (χ1) is 12.5. The molecule has 0 bridgehead atoms. The fourth-order valence-corrected chi connectivity index (χ4v) is 5.35. The Hall–Kier alpha value is -2.21. The molecule has 6 heteroatoms. The number of nitrogens with zero attached hydrogens (tertiary/aromatic N) is 2. The van der Waals surface area contributed by atoms with Gasteiger partial charge in [0.25, 0.3) is 5.56 Å². The van der Waals surface area contributed by atoms with Crippen molar-refractivity contribution in [3.05, 3.63) is 49.5 Å². The van der Waals surface area contributed by atoms with Crippen molar-refractivity contribution in [2.75, 3.05) is 0 Å². The number of aromatic amines is 2. The minimum atomic E-state index is -0.108. The van der Waals surface area contributed by atoms with Crippen LogP contribution in [0.3, 0.4) is 0 Å². The van der Waals surface area contributed by atoms with Crippen molar-refractivity contribution in [3.8, 4) is 11.3 Å². The Morgan fingerprint density at radius 2 is 1.85 bits per heavy atom. The monoisotopic (exact) mass is 366 g/mol. The molecule has 3 aromatic rings. The smallest absolute Gasteiger partial charge is 0.265 e. The third-order valence-corrected chi connectivity index (χ3v) is 6.70. The molecule has 2 heterocycles. The number of hydrogen-bond donors (Lipinski definition) is 2. The van der Waals surface area contributed by atoms with Crippen LogP contribution in [0.5, 0.6) is 0 Å². The van der Waals surface area contributed by atoms with Gasteiger partial charge in [0.2, 0.25) is 10.5 Å². The number of benzene rings is 1. The van der Waals surface area contributed by atoms with E-state index in [1.165, 1.54) is 40.4 Å². The van der Waals surface area contributed by atoms with E-state index in [1.807, 2.05) is 0 Å². The van der Waals surface area contributed by atoms with Crippen LogP contribution in [0, 0.1) is 18.6 Å². The predicted octanol–water partition coefficient (Wildman–Crippen LogP) is 4.12. The normalized spacial score (nSPS) is 18.1. The van der Waals surface area contributed by atoms with Gasteiger partial charge in [-0.25, -0.2) is 9.38 Å². The summed E-state index contributed by atoms with van der Waals surface area (Å²) in [5, 5.41) is 5.83. The van der Waals surface area contributed by atoms with Crippen LogP contribution in [0.2, 0.25) is 0 Å². The van der Waals surface area contributed by atoms with E-state index in [4.69, 9.17) is 17.2 Å². The largest absolute Gasteiger partial charge is 0.273 e. The summed E-state index contributed by atoms with van der Waals surface area (Å²) in [6.07, 6.45) is 6.63. The molecule has 1 saturated carbocycles. The van der Waals surface area contributed by atoms with Crippen molar-refractivity contribution >= 4 is 18.0 Å². The van der Waals surface area contributed by atoms with Gasteiger partial charge in [0.05, 0.1) is 11.3 Å². The average molecular weight is 366 g/mol. The Kier molecular flexibility index (Phi) is 3.32. The molecule has 0 amide bonds. The molecule has 2 aromatic heterocycles. The maximum absolute atomic E-state index is 13.6. The highest BCUT2D eigenvalue weighted by atomic mass is 32.1. The molecular formula is C20H22N4OS. The van der Waals surface area contributed by atoms with Gasteiger partial charge in [-0.1, -0.05) is 31.4 Å². The Labute approximate surface area is 156 Å². The van der Waals surface area contributed by atoms with Gasteiger partial charge >= 0.3 is 0 Å². The van der Waals surface area contributed by atoms with E-state index in [9.17, 15) is 4.79 Å². The summed E-state index contributed by atoms with van der Waals surface area (Å²) < 4.78 is 1.92. The van der Waals surface area contributed by atoms with Gasteiger partial charge in [0.15, 0.2) is 0 Å². The minimum Gasteiger partial charge on any atom is -0.273 e. The lowest BCUT2D eigenvalue weighted by Crippen LogP contribution is -2.42. The maximum Gasteiger partial charge on any atom is 0.265 e. The Balaban J connectivity index is 1.97. The number of aromatic nitrogens is 4. The van der Waals surface area contributed by atoms with Crippen LogP contribution in [-0.4, -0.2) is 19.6 Å². The molecule has 1 fully saturated rings. The van der Waals surface area contributed by atoms with Crippen LogP contribution in [0.15, 0.2) is 16.9 Å². The number of hydrogen-bond acceptors (Lipinski definition) is 3. The van der Waals surface area contributed by atoms with Crippen molar-refractivity contribution in [2.45, 2.75) is 57.8 Å². The first-order valence-electron chi connectivity index (χ1n) is 9.35. The molecule has 5 rings (SSSR count). The molecule has 5 nitrogen and oxygen atoms in total. The second-order valence-corrected chi connectivity index (χ2v) is 8.31. The van der Waals surface area contributed by atoms with E-state index in [0.29, 0.717) is 10.5 Å². The van der Waals surface area contributed by atoms with Gasteiger partial charge in [-0.15, -0.1) is 0 Å². The van der Waals surface area contributed by atoms with E-state index in [-0.39, 0.29) is 11.0 Å². The lowest BCUT2D eigenvalue weighted by Gasteiger charge is -2.42. The molecule has 1 spiro atoms. The van der Waals surface area contributed by atoms with E-state index < -0.39 is 0 Å². The standard InChI is InChI=1S/C20H22N4OS/c1-11-6-7-12(2)14-13(11)10-20(8-4-3-5-9-20)15-16(14)21-18-22-23-19(26)24(18)17(15)25/h6-7H,3-5,8-10H2,1-2H3,(H,21,22)(H,23,26). The quantitative estimate of drug-likeness (QED) is 0.588. The fourth-order valence-electron chi connectivity index (χ4n) is 5.13. The molecule has 2 aliphatic carbocycles. The van der Waals surface area contributed by atoms with Crippen molar-refractivity contribution in [1.29, 1.82) is 0 Å². The van der Waals surface area contributed by atoms with Crippen LogP contribution in [0.25, 0.3) is 17.0 Å². The fraction of sp³-hybridized carbons (Fsp3) is 0.450.